The Balaban J connectivity index is 0.954. The van der Waals surface area contributed by atoms with Gasteiger partial charge in [0.05, 0.1) is 37.1 Å². The van der Waals surface area contributed by atoms with Crippen LogP contribution in [0.15, 0.2) is 24.4 Å². The average Bonchev–Trinajstić information content (AvgIpc) is 3.61. The number of hydrogen-bond acceptors (Lipinski definition) is 7. The van der Waals surface area contributed by atoms with E-state index in [9.17, 15) is 15.0 Å². The number of amides is 1. The molecule has 7 aliphatic rings. The SMILES string of the molecule is CC12CC[C@@]34CC35CC[C@H](OC3CN(C(=O)c6ccccn6)CCO3)C(C)(C)C5CCC4C1CC1OC([C@H](O)C(C)(C)O)CCC12. The Kier molecular flexibility index (Phi) is 7.37. The van der Waals surface area contributed by atoms with E-state index < -0.39 is 18.0 Å². The Morgan fingerprint density at radius 2 is 1.85 bits per heavy atom. The van der Waals surface area contributed by atoms with E-state index >= 15 is 0 Å². The summed E-state index contributed by atoms with van der Waals surface area (Å²) in [6, 6.07) is 5.47. The maximum absolute atomic E-state index is 13.1. The molecule has 8 heteroatoms. The first-order valence-corrected chi connectivity index (χ1v) is 18.3. The molecule has 1 aromatic heterocycles. The molecular formula is C38H56N2O6. The van der Waals surface area contributed by atoms with Crippen LogP contribution in [0, 0.1) is 45.3 Å². The quantitative estimate of drug-likeness (QED) is 0.434. The van der Waals surface area contributed by atoms with Gasteiger partial charge in [0, 0.05) is 12.7 Å². The Labute approximate surface area is 275 Å². The number of morpholine rings is 1. The van der Waals surface area contributed by atoms with E-state index in [1.807, 2.05) is 17.0 Å². The third kappa shape index (κ3) is 4.55. The van der Waals surface area contributed by atoms with Gasteiger partial charge in [0.25, 0.3) is 5.91 Å². The number of fused-ring (bicyclic) bond motifs is 4. The fraction of sp³-hybridized carbons (Fsp3) is 0.842. The van der Waals surface area contributed by atoms with Crippen LogP contribution in [0.4, 0.5) is 0 Å². The lowest BCUT2D eigenvalue weighted by Gasteiger charge is -2.60. The van der Waals surface area contributed by atoms with Gasteiger partial charge in [-0.25, -0.2) is 0 Å². The number of pyridine rings is 1. The summed E-state index contributed by atoms with van der Waals surface area (Å²) in [7, 11) is 0. The molecule has 0 radical (unpaired) electrons. The molecule has 0 aromatic carbocycles. The third-order valence-electron chi connectivity index (χ3n) is 15.2. The number of nitrogens with zero attached hydrogens (tertiary/aromatic N) is 2. The minimum atomic E-state index is -1.15. The summed E-state index contributed by atoms with van der Waals surface area (Å²) < 4.78 is 19.6. The number of carbonyl (C=O) groups excluding carboxylic acids is 1. The average molecular weight is 637 g/mol. The van der Waals surface area contributed by atoms with E-state index in [0.717, 1.165) is 31.6 Å². The van der Waals surface area contributed by atoms with Crippen molar-refractivity contribution in [1.29, 1.82) is 0 Å². The van der Waals surface area contributed by atoms with E-state index in [-0.39, 0.29) is 29.6 Å². The lowest BCUT2D eigenvalue weighted by molar-refractivity contribution is -0.241. The van der Waals surface area contributed by atoms with Gasteiger partial charge in [0.1, 0.15) is 11.8 Å². The molecule has 254 valence electrons. The molecule has 8 rings (SSSR count). The maximum Gasteiger partial charge on any atom is 0.272 e. The van der Waals surface area contributed by atoms with Gasteiger partial charge in [-0.3, -0.25) is 9.78 Å². The molecule has 7 fully saturated rings. The van der Waals surface area contributed by atoms with Crippen LogP contribution >= 0.6 is 0 Å². The van der Waals surface area contributed by atoms with Crippen molar-refractivity contribution >= 4 is 5.91 Å². The van der Waals surface area contributed by atoms with Gasteiger partial charge in [-0.1, -0.05) is 26.8 Å². The van der Waals surface area contributed by atoms with Crippen molar-refractivity contribution in [2.75, 3.05) is 19.7 Å². The van der Waals surface area contributed by atoms with Crippen molar-refractivity contribution in [3.05, 3.63) is 30.1 Å². The second-order valence-corrected chi connectivity index (χ2v) is 17.8. The molecule has 9 unspecified atom stereocenters. The number of aromatic nitrogens is 1. The Bertz CT molecular complexity index is 1330. The van der Waals surface area contributed by atoms with Gasteiger partial charge in [0.2, 0.25) is 0 Å². The summed E-state index contributed by atoms with van der Waals surface area (Å²) in [4.78, 5) is 19.2. The Morgan fingerprint density at radius 3 is 2.61 bits per heavy atom. The van der Waals surface area contributed by atoms with Crippen LogP contribution in [0.1, 0.15) is 109 Å². The zero-order valence-electron chi connectivity index (χ0n) is 28.6. The van der Waals surface area contributed by atoms with Gasteiger partial charge in [-0.05, 0) is 136 Å². The molecule has 3 heterocycles. The number of rotatable bonds is 5. The molecule has 8 nitrogen and oxygen atoms in total. The highest BCUT2D eigenvalue weighted by Gasteiger charge is 2.80. The lowest BCUT2D eigenvalue weighted by atomic mass is 9.46. The van der Waals surface area contributed by atoms with Crippen molar-refractivity contribution in [1.82, 2.24) is 9.88 Å². The van der Waals surface area contributed by atoms with E-state index in [1.165, 1.54) is 38.5 Å². The molecule has 2 saturated heterocycles. The van der Waals surface area contributed by atoms with E-state index in [2.05, 4.69) is 25.8 Å². The first kappa shape index (κ1) is 31.7. The minimum absolute atomic E-state index is 0.0390. The van der Waals surface area contributed by atoms with Crippen molar-refractivity contribution in [2.24, 2.45) is 45.3 Å². The summed E-state index contributed by atoms with van der Waals surface area (Å²) >= 11 is 0. The fourth-order valence-corrected chi connectivity index (χ4v) is 12.9. The van der Waals surface area contributed by atoms with Gasteiger partial charge in [-0.2, -0.15) is 0 Å². The second kappa shape index (κ2) is 10.7. The molecule has 12 atom stereocenters. The Morgan fingerprint density at radius 1 is 1.04 bits per heavy atom. The summed E-state index contributed by atoms with van der Waals surface area (Å²) in [5.41, 5.74) is 0.552. The van der Waals surface area contributed by atoms with Crippen LogP contribution in [0.25, 0.3) is 0 Å². The number of aliphatic hydroxyl groups is 2. The smallest absolute Gasteiger partial charge is 0.272 e. The standard InChI is InChI=1S/C38H56N2O6/c1-34(2)29-12-10-23-25-20-28-24(9-11-27(45-28)32(41)35(3,4)43)36(25,5)15-16-37(23)22-38(29,37)14-13-30(34)46-31-21-40(18-19-44-31)33(42)26-8-6-7-17-39-26/h6-8,17,23-25,27-32,41,43H,9-16,18-22H2,1-5H3/t23?,24?,25?,27?,28?,29?,30-,31?,32-,36?,37-,38?/m0/s1. The summed E-state index contributed by atoms with van der Waals surface area (Å²) in [5, 5.41) is 21.4. The van der Waals surface area contributed by atoms with Gasteiger partial charge in [0.15, 0.2) is 6.29 Å². The van der Waals surface area contributed by atoms with Crippen LogP contribution in [0.3, 0.4) is 0 Å². The van der Waals surface area contributed by atoms with Crippen LogP contribution in [-0.4, -0.2) is 82.0 Å². The molecule has 2 spiro atoms. The topological polar surface area (TPSA) is 101 Å². The molecule has 5 aliphatic carbocycles. The van der Waals surface area contributed by atoms with Crippen molar-refractivity contribution in [2.45, 2.75) is 135 Å². The van der Waals surface area contributed by atoms with E-state index in [4.69, 9.17) is 14.2 Å². The Hall–Kier alpha value is -1.58. The van der Waals surface area contributed by atoms with Crippen LogP contribution < -0.4 is 0 Å². The molecule has 0 bridgehead atoms. The minimum Gasteiger partial charge on any atom is -0.388 e. The maximum atomic E-state index is 13.1. The van der Waals surface area contributed by atoms with E-state index in [0.29, 0.717) is 59.4 Å². The van der Waals surface area contributed by atoms with Gasteiger partial charge >= 0.3 is 0 Å². The van der Waals surface area contributed by atoms with Crippen molar-refractivity contribution in [3.63, 3.8) is 0 Å². The number of aliphatic hydroxyl groups excluding tert-OH is 1. The summed E-state index contributed by atoms with van der Waals surface area (Å²) in [6.07, 6.45) is 12.4. The largest absolute Gasteiger partial charge is 0.388 e. The molecular weight excluding hydrogens is 580 g/mol. The normalized spacial score (nSPS) is 46.6. The molecule has 5 saturated carbocycles. The fourth-order valence-electron chi connectivity index (χ4n) is 12.9. The molecule has 2 aliphatic heterocycles. The van der Waals surface area contributed by atoms with Crippen molar-refractivity contribution in [3.8, 4) is 0 Å². The molecule has 1 aromatic rings. The summed E-state index contributed by atoms with van der Waals surface area (Å²) in [6.45, 7) is 12.4. The van der Waals surface area contributed by atoms with Crippen LogP contribution in [0.5, 0.6) is 0 Å². The number of carbonyl (C=O) groups is 1. The highest BCUT2D eigenvalue weighted by molar-refractivity contribution is 5.92. The highest BCUT2D eigenvalue weighted by Crippen LogP contribution is 2.87. The third-order valence-corrected chi connectivity index (χ3v) is 15.2. The predicted octanol–water partition coefficient (Wildman–Crippen LogP) is 5.60. The second-order valence-electron chi connectivity index (χ2n) is 17.8. The lowest BCUT2D eigenvalue weighted by Crippen LogP contribution is -2.56. The zero-order valence-corrected chi connectivity index (χ0v) is 28.6. The molecule has 2 N–H and O–H groups in total. The van der Waals surface area contributed by atoms with Crippen molar-refractivity contribution < 1.29 is 29.2 Å². The van der Waals surface area contributed by atoms with Gasteiger partial charge < -0.3 is 29.3 Å². The first-order chi connectivity index (χ1) is 21.8. The van der Waals surface area contributed by atoms with Gasteiger partial charge in [-0.15, -0.1) is 0 Å². The molecule has 1 amide bonds. The monoisotopic (exact) mass is 636 g/mol. The zero-order chi connectivity index (χ0) is 32.3. The first-order valence-electron chi connectivity index (χ1n) is 18.3. The van der Waals surface area contributed by atoms with E-state index in [1.54, 1.807) is 26.1 Å². The van der Waals surface area contributed by atoms with Crippen LogP contribution in [0.2, 0.25) is 0 Å². The highest BCUT2D eigenvalue weighted by atomic mass is 16.7. The number of hydrogen-bond donors (Lipinski definition) is 2. The molecule has 46 heavy (non-hydrogen) atoms. The predicted molar refractivity (Wildman–Crippen MR) is 173 cm³/mol. The summed E-state index contributed by atoms with van der Waals surface area (Å²) in [5.74, 6) is 2.59. The van der Waals surface area contributed by atoms with Crippen LogP contribution in [-0.2, 0) is 14.2 Å². The number of ether oxygens (including phenoxy) is 3.